The predicted octanol–water partition coefficient (Wildman–Crippen LogP) is 3.33. The zero-order valence-corrected chi connectivity index (χ0v) is 10.1. The second-order valence-electron chi connectivity index (χ2n) is 4.40. The van der Waals surface area contributed by atoms with E-state index < -0.39 is 0 Å². The van der Waals surface area contributed by atoms with Gasteiger partial charge in [0, 0.05) is 17.2 Å². The first-order valence-corrected chi connectivity index (χ1v) is 6.54. The molecule has 1 fully saturated rings. The summed E-state index contributed by atoms with van der Waals surface area (Å²) in [4.78, 5) is 5.49. The van der Waals surface area contributed by atoms with Crippen molar-refractivity contribution in [2.24, 2.45) is 0 Å². The van der Waals surface area contributed by atoms with Gasteiger partial charge in [0.25, 0.3) is 0 Å². The van der Waals surface area contributed by atoms with Gasteiger partial charge in [-0.2, -0.15) is 0 Å². The van der Waals surface area contributed by atoms with Crippen LogP contribution >= 0.6 is 11.3 Å². The fourth-order valence-electron chi connectivity index (χ4n) is 2.00. The minimum absolute atomic E-state index is 0.152. The molecule has 0 radical (unpaired) electrons. The monoisotopic (exact) mass is 248 g/mol. The van der Waals surface area contributed by atoms with E-state index in [9.17, 15) is 4.39 Å². The number of nitrogens with zero attached hydrogens (tertiary/aromatic N) is 1. The zero-order valence-electron chi connectivity index (χ0n) is 9.32. The average molecular weight is 248 g/mol. The quantitative estimate of drug-likeness (QED) is 0.904. The first kappa shape index (κ1) is 10.7. The Morgan fingerprint density at radius 2 is 2.12 bits per heavy atom. The van der Waals surface area contributed by atoms with Crippen LogP contribution in [0, 0.1) is 5.82 Å². The Balaban J connectivity index is 1.92. The van der Waals surface area contributed by atoms with Gasteiger partial charge in [-0.15, -0.1) is 11.3 Å². The molecule has 2 nitrogen and oxygen atoms in total. The zero-order chi connectivity index (χ0) is 11.8. The van der Waals surface area contributed by atoms with Crippen LogP contribution < -0.4 is 5.73 Å². The van der Waals surface area contributed by atoms with E-state index in [2.05, 4.69) is 4.98 Å². The maximum atomic E-state index is 13.6. The van der Waals surface area contributed by atoms with Gasteiger partial charge < -0.3 is 5.73 Å². The number of nitrogen functional groups attached to an aromatic ring is 1. The third kappa shape index (κ3) is 2.17. The van der Waals surface area contributed by atoms with E-state index in [1.54, 1.807) is 6.07 Å². The second kappa shape index (κ2) is 4.11. The van der Waals surface area contributed by atoms with Crippen molar-refractivity contribution in [3.8, 4) is 0 Å². The molecule has 1 saturated carbocycles. The topological polar surface area (TPSA) is 38.9 Å². The number of benzene rings is 1. The first-order valence-electron chi connectivity index (χ1n) is 5.72. The van der Waals surface area contributed by atoms with Crippen LogP contribution in [0.25, 0.3) is 0 Å². The van der Waals surface area contributed by atoms with E-state index in [4.69, 9.17) is 5.73 Å². The largest absolute Gasteiger partial charge is 0.375 e. The lowest BCUT2D eigenvalue weighted by atomic mass is 10.1. The molecular formula is C13H13FN2S. The summed E-state index contributed by atoms with van der Waals surface area (Å²) in [7, 11) is 0. The summed E-state index contributed by atoms with van der Waals surface area (Å²) in [5, 5.41) is 0.596. The van der Waals surface area contributed by atoms with Crippen LogP contribution in [0.3, 0.4) is 0 Å². The Kier molecular flexibility index (Phi) is 2.59. The lowest BCUT2D eigenvalue weighted by Crippen LogP contribution is -1.93. The number of nitrogens with two attached hydrogens (primary N) is 1. The highest BCUT2D eigenvalue weighted by atomic mass is 32.1. The van der Waals surface area contributed by atoms with E-state index in [1.807, 2.05) is 12.1 Å². The summed E-state index contributed by atoms with van der Waals surface area (Å²) in [6, 6.07) is 6.89. The van der Waals surface area contributed by atoms with Crippen LogP contribution in [0.15, 0.2) is 24.3 Å². The summed E-state index contributed by atoms with van der Waals surface area (Å²) in [5.74, 6) is 0.409. The SMILES string of the molecule is Nc1nc(C2CC2)c(Cc2ccccc2F)s1. The second-order valence-corrected chi connectivity index (χ2v) is 5.52. The van der Waals surface area contributed by atoms with Crippen LogP contribution in [0.2, 0.25) is 0 Å². The molecule has 2 aromatic rings. The van der Waals surface area contributed by atoms with Crippen LogP contribution in [0.4, 0.5) is 9.52 Å². The summed E-state index contributed by atoms with van der Waals surface area (Å²) in [6.07, 6.45) is 2.98. The lowest BCUT2D eigenvalue weighted by molar-refractivity contribution is 0.614. The van der Waals surface area contributed by atoms with Crippen LogP contribution in [-0.4, -0.2) is 4.98 Å². The van der Waals surface area contributed by atoms with Gasteiger partial charge in [-0.3, -0.25) is 0 Å². The molecule has 1 aromatic carbocycles. The molecule has 1 aliphatic carbocycles. The summed E-state index contributed by atoms with van der Waals surface area (Å²) in [5.41, 5.74) is 7.56. The number of hydrogen-bond acceptors (Lipinski definition) is 3. The molecule has 0 bridgehead atoms. The minimum Gasteiger partial charge on any atom is -0.375 e. The smallest absolute Gasteiger partial charge is 0.180 e. The van der Waals surface area contributed by atoms with E-state index in [1.165, 1.54) is 30.2 Å². The number of halogens is 1. The van der Waals surface area contributed by atoms with Crippen molar-refractivity contribution in [2.75, 3.05) is 5.73 Å². The van der Waals surface area contributed by atoms with Crippen molar-refractivity contribution in [1.82, 2.24) is 4.98 Å². The van der Waals surface area contributed by atoms with Gasteiger partial charge in [0.15, 0.2) is 5.13 Å². The molecule has 0 atom stereocenters. The molecule has 3 rings (SSSR count). The molecule has 1 aromatic heterocycles. The number of rotatable bonds is 3. The van der Waals surface area contributed by atoms with Crippen molar-refractivity contribution < 1.29 is 4.39 Å². The minimum atomic E-state index is -0.152. The van der Waals surface area contributed by atoms with Gasteiger partial charge in [-0.1, -0.05) is 18.2 Å². The normalized spacial score (nSPS) is 15.1. The van der Waals surface area contributed by atoms with Crippen molar-refractivity contribution in [3.63, 3.8) is 0 Å². The molecule has 0 unspecified atom stereocenters. The average Bonchev–Trinajstić information content (AvgIpc) is 3.07. The molecule has 0 spiro atoms. The molecular weight excluding hydrogens is 235 g/mol. The van der Waals surface area contributed by atoms with Crippen LogP contribution in [-0.2, 0) is 6.42 Å². The van der Waals surface area contributed by atoms with Gasteiger partial charge in [0.2, 0.25) is 0 Å². The van der Waals surface area contributed by atoms with Crippen molar-refractivity contribution >= 4 is 16.5 Å². The summed E-state index contributed by atoms with van der Waals surface area (Å²) >= 11 is 1.49. The molecule has 0 amide bonds. The molecule has 2 N–H and O–H groups in total. The first-order chi connectivity index (χ1) is 8.24. The Bertz CT molecular complexity index is 546. The Morgan fingerprint density at radius 1 is 1.35 bits per heavy atom. The number of aromatic nitrogens is 1. The van der Waals surface area contributed by atoms with E-state index >= 15 is 0 Å². The maximum absolute atomic E-state index is 13.6. The van der Waals surface area contributed by atoms with E-state index in [0.29, 0.717) is 17.5 Å². The van der Waals surface area contributed by atoms with Crippen molar-refractivity contribution in [3.05, 3.63) is 46.2 Å². The number of thiazole rings is 1. The highest BCUT2D eigenvalue weighted by molar-refractivity contribution is 7.15. The number of hydrogen-bond donors (Lipinski definition) is 1. The molecule has 0 aliphatic heterocycles. The van der Waals surface area contributed by atoms with Gasteiger partial charge in [-0.25, -0.2) is 9.37 Å². The van der Waals surface area contributed by atoms with Crippen molar-refractivity contribution in [2.45, 2.75) is 25.2 Å². The number of anilines is 1. The predicted molar refractivity (Wildman–Crippen MR) is 67.7 cm³/mol. The summed E-state index contributed by atoms with van der Waals surface area (Å²) in [6.45, 7) is 0. The van der Waals surface area contributed by atoms with Crippen LogP contribution in [0.5, 0.6) is 0 Å². The Labute approximate surface area is 103 Å². The van der Waals surface area contributed by atoms with Gasteiger partial charge >= 0.3 is 0 Å². The maximum Gasteiger partial charge on any atom is 0.180 e. The van der Waals surface area contributed by atoms with Gasteiger partial charge in [0.1, 0.15) is 5.82 Å². The standard InChI is InChI=1S/C13H13FN2S/c14-10-4-2-1-3-9(10)7-11-12(8-5-6-8)16-13(15)17-11/h1-4,8H,5-7H2,(H2,15,16). The fourth-order valence-corrected chi connectivity index (χ4v) is 2.94. The molecule has 0 saturated heterocycles. The molecule has 88 valence electrons. The molecule has 1 heterocycles. The highest BCUT2D eigenvalue weighted by Crippen LogP contribution is 2.43. The molecule has 1 aliphatic rings. The van der Waals surface area contributed by atoms with E-state index in [0.717, 1.165) is 16.1 Å². The third-order valence-electron chi connectivity index (χ3n) is 3.02. The summed E-state index contributed by atoms with van der Waals surface area (Å²) < 4.78 is 13.6. The Hall–Kier alpha value is -1.42. The van der Waals surface area contributed by atoms with Crippen molar-refractivity contribution in [1.29, 1.82) is 0 Å². The van der Waals surface area contributed by atoms with E-state index in [-0.39, 0.29) is 5.82 Å². The Morgan fingerprint density at radius 3 is 2.82 bits per heavy atom. The molecule has 4 heteroatoms. The lowest BCUT2D eigenvalue weighted by Gasteiger charge is -2.02. The third-order valence-corrected chi connectivity index (χ3v) is 3.92. The fraction of sp³-hybridized carbons (Fsp3) is 0.308. The van der Waals surface area contributed by atoms with Gasteiger partial charge in [0.05, 0.1) is 5.69 Å². The highest BCUT2D eigenvalue weighted by Gasteiger charge is 2.29. The molecule has 17 heavy (non-hydrogen) atoms. The van der Waals surface area contributed by atoms with Crippen LogP contribution in [0.1, 0.15) is 34.9 Å². The van der Waals surface area contributed by atoms with Gasteiger partial charge in [-0.05, 0) is 24.5 Å².